The molecule has 0 radical (unpaired) electrons. The molecule has 1 atom stereocenters. The molecule has 0 amide bonds. The highest BCUT2D eigenvalue weighted by Crippen LogP contribution is 2.28. The maximum Gasteiger partial charge on any atom is 0.152 e. The monoisotopic (exact) mass is 349 g/mol. The van der Waals surface area contributed by atoms with Crippen LogP contribution in [0.4, 0.5) is 17.3 Å². The molecule has 1 aliphatic rings. The smallest absolute Gasteiger partial charge is 0.152 e. The number of para-hydroxylation sites is 1. The number of nitrogens with zero attached hydrogens (tertiary/aromatic N) is 3. The number of carbonyl (C=O) groups excluding carboxylic acids is 1. The largest absolute Gasteiger partial charge is 0.382 e. The number of fused-ring (bicyclic) bond motifs is 1. The number of hydrogen-bond acceptors (Lipinski definition) is 5. The summed E-state index contributed by atoms with van der Waals surface area (Å²) >= 11 is 0. The lowest BCUT2D eigenvalue weighted by molar-refractivity contribution is -0.109. The Morgan fingerprint density at radius 2 is 2.15 bits per heavy atom. The lowest BCUT2D eigenvalue weighted by atomic mass is 10.1. The number of pyridine rings is 1. The number of piperazine rings is 1. The van der Waals surface area contributed by atoms with Crippen LogP contribution in [0.2, 0.25) is 0 Å². The summed E-state index contributed by atoms with van der Waals surface area (Å²) in [6.07, 6.45) is 2.84. The molecule has 2 aromatic heterocycles. The van der Waals surface area contributed by atoms with Crippen LogP contribution in [0.15, 0.2) is 48.7 Å². The standard InChI is InChI=1S/C20H23N5O/c1-2-21-18-8-5-9-22-20(18)24-10-11-25(16(13-24)14-26)19-12-15-6-3-4-7-17(15)23-19/h3-9,12,14,16,21,23H,2,10-11,13H2,1H3. The van der Waals surface area contributed by atoms with Crippen molar-refractivity contribution in [1.29, 1.82) is 0 Å². The molecule has 1 unspecified atom stereocenters. The number of rotatable bonds is 5. The van der Waals surface area contributed by atoms with Gasteiger partial charge in [0.25, 0.3) is 0 Å². The van der Waals surface area contributed by atoms with Gasteiger partial charge in [-0.1, -0.05) is 18.2 Å². The summed E-state index contributed by atoms with van der Waals surface area (Å²) in [6, 6.07) is 14.0. The van der Waals surface area contributed by atoms with Crippen molar-refractivity contribution in [3.05, 3.63) is 48.7 Å². The molecule has 4 rings (SSSR count). The van der Waals surface area contributed by atoms with Gasteiger partial charge in [-0.15, -0.1) is 0 Å². The zero-order chi connectivity index (χ0) is 17.9. The third-order valence-corrected chi connectivity index (χ3v) is 4.85. The average molecular weight is 349 g/mol. The van der Waals surface area contributed by atoms with Crippen molar-refractivity contribution in [2.45, 2.75) is 13.0 Å². The Balaban J connectivity index is 1.58. The summed E-state index contributed by atoms with van der Waals surface area (Å²) in [5, 5.41) is 4.52. The lowest BCUT2D eigenvalue weighted by Gasteiger charge is -2.40. The number of aldehydes is 1. The van der Waals surface area contributed by atoms with E-state index in [1.165, 1.54) is 0 Å². The predicted octanol–water partition coefficient (Wildman–Crippen LogP) is 2.89. The summed E-state index contributed by atoms with van der Waals surface area (Å²) in [7, 11) is 0. The summed E-state index contributed by atoms with van der Waals surface area (Å²) in [6.45, 7) is 5.10. The van der Waals surface area contributed by atoms with Crippen LogP contribution in [0.25, 0.3) is 10.9 Å². The van der Waals surface area contributed by atoms with Gasteiger partial charge in [-0.25, -0.2) is 4.98 Å². The van der Waals surface area contributed by atoms with Crippen LogP contribution in [-0.4, -0.2) is 48.5 Å². The van der Waals surface area contributed by atoms with Crippen LogP contribution in [0.3, 0.4) is 0 Å². The molecular weight excluding hydrogens is 326 g/mol. The average Bonchev–Trinajstić information content (AvgIpc) is 3.12. The highest BCUT2D eigenvalue weighted by Gasteiger charge is 2.29. The molecule has 0 bridgehead atoms. The normalized spacial score (nSPS) is 17.5. The molecule has 1 saturated heterocycles. The second-order valence-electron chi connectivity index (χ2n) is 6.49. The molecule has 3 heterocycles. The Bertz CT molecular complexity index is 873. The van der Waals surface area contributed by atoms with Crippen LogP contribution in [0.1, 0.15) is 6.92 Å². The molecule has 26 heavy (non-hydrogen) atoms. The molecule has 1 aromatic carbocycles. The Hall–Kier alpha value is -3.02. The van der Waals surface area contributed by atoms with Gasteiger partial charge in [0, 0.05) is 43.3 Å². The van der Waals surface area contributed by atoms with Crippen molar-refractivity contribution in [2.75, 3.05) is 41.3 Å². The van der Waals surface area contributed by atoms with E-state index < -0.39 is 0 Å². The van der Waals surface area contributed by atoms with Crippen molar-refractivity contribution < 1.29 is 4.79 Å². The molecule has 2 N–H and O–H groups in total. The fourth-order valence-electron chi connectivity index (χ4n) is 3.61. The van der Waals surface area contributed by atoms with E-state index in [0.717, 1.165) is 54.1 Å². The van der Waals surface area contributed by atoms with Crippen molar-refractivity contribution in [1.82, 2.24) is 9.97 Å². The lowest BCUT2D eigenvalue weighted by Crippen LogP contribution is -2.54. The quantitative estimate of drug-likeness (QED) is 0.694. The highest BCUT2D eigenvalue weighted by atomic mass is 16.1. The van der Waals surface area contributed by atoms with Gasteiger partial charge >= 0.3 is 0 Å². The number of benzene rings is 1. The van der Waals surface area contributed by atoms with Gasteiger partial charge in [0.05, 0.1) is 5.69 Å². The van der Waals surface area contributed by atoms with Gasteiger partial charge in [0.15, 0.2) is 5.82 Å². The maximum atomic E-state index is 11.8. The first-order chi connectivity index (χ1) is 12.8. The van der Waals surface area contributed by atoms with Gasteiger partial charge in [0.2, 0.25) is 0 Å². The molecule has 134 valence electrons. The number of aromatic amines is 1. The van der Waals surface area contributed by atoms with Crippen LogP contribution in [-0.2, 0) is 4.79 Å². The Morgan fingerprint density at radius 3 is 2.96 bits per heavy atom. The number of H-pyrrole nitrogens is 1. The topological polar surface area (TPSA) is 64.3 Å². The van der Waals surface area contributed by atoms with Crippen LogP contribution >= 0.6 is 0 Å². The maximum absolute atomic E-state index is 11.8. The van der Waals surface area contributed by atoms with Gasteiger partial charge in [-0.2, -0.15) is 0 Å². The third-order valence-electron chi connectivity index (χ3n) is 4.85. The predicted molar refractivity (Wildman–Crippen MR) is 106 cm³/mol. The molecule has 1 aliphatic heterocycles. The minimum absolute atomic E-state index is 0.215. The van der Waals surface area contributed by atoms with E-state index in [9.17, 15) is 4.79 Å². The molecule has 6 heteroatoms. The second-order valence-corrected chi connectivity index (χ2v) is 6.49. The number of hydrogen-bond donors (Lipinski definition) is 2. The molecule has 1 fully saturated rings. The number of anilines is 3. The van der Waals surface area contributed by atoms with E-state index in [-0.39, 0.29) is 6.04 Å². The highest BCUT2D eigenvalue weighted by molar-refractivity contribution is 5.85. The van der Waals surface area contributed by atoms with E-state index in [1.54, 1.807) is 6.20 Å². The molecule has 3 aromatic rings. The zero-order valence-corrected chi connectivity index (χ0v) is 14.9. The van der Waals surface area contributed by atoms with Crippen LogP contribution in [0, 0.1) is 0 Å². The SMILES string of the molecule is CCNc1cccnc1N1CCN(c2cc3ccccc3[nH]2)C(C=O)C1. The minimum Gasteiger partial charge on any atom is -0.382 e. The van der Waals surface area contributed by atoms with E-state index in [2.05, 4.69) is 50.2 Å². The second kappa shape index (κ2) is 7.07. The third kappa shape index (κ3) is 2.98. The molecule has 6 nitrogen and oxygen atoms in total. The first-order valence-electron chi connectivity index (χ1n) is 9.03. The summed E-state index contributed by atoms with van der Waals surface area (Å²) in [4.78, 5) is 24.2. The van der Waals surface area contributed by atoms with Crippen LogP contribution < -0.4 is 15.1 Å². The van der Waals surface area contributed by atoms with Gasteiger partial charge in [-0.05, 0) is 31.2 Å². The van der Waals surface area contributed by atoms with E-state index in [0.29, 0.717) is 6.54 Å². The van der Waals surface area contributed by atoms with Crippen molar-refractivity contribution in [3.63, 3.8) is 0 Å². The zero-order valence-electron chi connectivity index (χ0n) is 14.9. The summed E-state index contributed by atoms with van der Waals surface area (Å²) in [5.74, 6) is 1.91. The van der Waals surface area contributed by atoms with Crippen molar-refractivity contribution in [2.24, 2.45) is 0 Å². The van der Waals surface area contributed by atoms with E-state index in [4.69, 9.17) is 0 Å². The van der Waals surface area contributed by atoms with Crippen molar-refractivity contribution >= 4 is 34.5 Å². The van der Waals surface area contributed by atoms with Crippen molar-refractivity contribution in [3.8, 4) is 0 Å². The minimum atomic E-state index is -0.215. The van der Waals surface area contributed by atoms with Gasteiger partial charge in [-0.3, -0.25) is 0 Å². The Labute approximate surface area is 152 Å². The molecule has 0 spiro atoms. The summed E-state index contributed by atoms with van der Waals surface area (Å²) < 4.78 is 0. The van der Waals surface area contributed by atoms with E-state index >= 15 is 0 Å². The number of aromatic nitrogens is 2. The molecular formula is C20H23N5O. The fraction of sp³-hybridized carbons (Fsp3) is 0.300. The Morgan fingerprint density at radius 1 is 1.27 bits per heavy atom. The number of nitrogens with one attached hydrogen (secondary N) is 2. The molecule has 0 aliphatic carbocycles. The van der Waals surface area contributed by atoms with E-state index in [1.807, 2.05) is 24.3 Å². The molecule has 0 saturated carbocycles. The van der Waals surface area contributed by atoms with Gasteiger partial charge in [0.1, 0.15) is 18.1 Å². The first kappa shape index (κ1) is 16.4. The summed E-state index contributed by atoms with van der Waals surface area (Å²) in [5.41, 5.74) is 2.10. The Kier molecular flexibility index (Phi) is 4.48. The van der Waals surface area contributed by atoms with Gasteiger partial charge < -0.3 is 24.9 Å². The first-order valence-corrected chi connectivity index (χ1v) is 9.03. The van der Waals surface area contributed by atoms with Crippen LogP contribution in [0.5, 0.6) is 0 Å². The fourth-order valence-corrected chi connectivity index (χ4v) is 3.61. The number of carbonyl (C=O) groups is 1.